The van der Waals surface area contributed by atoms with Crippen LogP contribution in [0.25, 0.3) is 0 Å². The minimum Gasteiger partial charge on any atom is -0.494 e. The molecule has 0 bridgehead atoms. The molecule has 0 aromatic heterocycles. The molecule has 0 saturated heterocycles. The van der Waals surface area contributed by atoms with Gasteiger partial charge in [0.15, 0.2) is 0 Å². The van der Waals surface area contributed by atoms with E-state index in [4.69, 9.17) is 33.5 Å². The van der Waals surface area contributed by atoms with E-state index in [1.807, 2.05) is 0 Å². The average Bonchev–Trinajstić information content (AvgIpc) is 3.29. The number of aliphatic hydroxyl groups excluding tert-OH is 1. The molecule has 0 fully saturated rings. The van der Waals surface area contributed by atoms with Crippen molar-refractivity contribution >= 4 is 35.8 Å². The van der Waals surface area contributed by atoms with Crippen molar-refractivity contribution in [2.45, 2.75) is 32.6 Å². The van der Waals surface area contributed by atoms with Crippen LogP contribution in [0.1, 0.15) is 72.7 Å². The van der Waals surface area contributed by atoms with Gasteiger partial charge in [0.1, 0.15) is 28.7 Å². The summed E-state index contributed by atoms with van der Waals surface area (Å²) in [7, 11) is 0. The number of ether oxygens (including phenoxy) is 7. The van der Waals surface area contributed by atoms with E-state index in [1.54, 1.807) is 67.6 Å². The van der Waals surface area contributed by atoms with Gasteiger partial charge < -0.3 is 38.3 Å². The van der Waals surface area contributed by atoms with Crippen LogP contribution in [0.4, 0.5) is 0 Å². The number of carbonyl (C=O) groups is 6. The SMILES string of the molecule is C=CC(=O)OCCCO.C=CCC(=O)OCCCCOc1ccc(C(=O)Oc2ccc(C(=O)Oc3ccc(OC(=O)c4ccc(OC(=O)c5ccccc5)cc4)cc3C)cc2)cc1. The number of carbonyl (C=O) groups excluding carboxylic acids is 6. The molecule has 5 rings (SSSR count). The maximum absolute atomic E-state index is 12.9. The van der Waals surface area contributed by atoms with Crippen molar-refractivity contribution in [2.75, 3.05) is 26.4 Å². The van der Waals surface area contributed by atoms with Gasteiger partial charge >= 0.3 is 35.8 Å². The summed E-state index contributed by atoms with van der Waals surface area (Å²) in [6.07, 6.45) is 4.61. The van der Waals surface area contributed by atoms with Gasteiger partial charge in [-0.15, -0.1) is 6.58 Å². The van der Waals surface area contributed by atoms with Gasteiger partial charge in [-0.3, -0.25) is 4.79 Å². The molecule has 0 saturated carbocycles. The molecule has 0 unspecified atom stereocenters. The summed E-state index contributed by atoms with van der Waals surface area (Å²) in [4.78, 5) is 72.1. The van der Waals surface area contributed by atoms with E-state index >= 15 is 0 Å². The molecule has 5 aromatic rings. The number of unbranched alkanes of at least 4 members (excludes halogenated alkanes) is 1. The molecule has 0 radical (unpaired) electrons. The number of aliphatic hydroxyl groups is 1. The Labute approximate surface area is 364 Å². The molecule has 0 aliphatic heterocycles. The summed E-state index contributed by atoms with van der Waals surface area (Å²) in [6, 6.07) is 31.5. The van der Waals surface area contributed by atoms with E-state index in [0.717, 1.165) is 6.08 Å². The Balaban J connectivity index is 0.000000870. The Morgan fingerprint density at radius 2 is 0.984 bits per heavy atom. The first-order chi connectivity index (χ1) is 30.5. The number of hydrogen-bond acceptors (Lipinski definition) is 14. The van der Waals surface area contributed by atoms with Crippen LogP contribution in [0.2, 0.25) is 0 Å². The van der Waals surface area contributed by atoms with Crippen LogP contribution in [-0.4, -0.2) is 67.3 Å². The van der Waals surface area contributed by atoms with Crippen LogP contribution in [0, 0.1) is 6.92 Å². The maximum atomic E-state index is 12.9. The summed E-state index contributed by atoms with van der Waals surface area (Å²) in [5, 5.41) is 8.23. The summed E-state index contributed by atoms with van der Waals surface area (Å²) in [5.41, 5.74) is 1.72. The normalized spacial score (nSPS) is 10.1. The molecule has 63 heavy (non-hydrogen) atoms. The second-order valence-corrected chi connectivity index (χ2v) is 13.1. The van der Waals surface area contributed by atoms with Crippen LogP contribution in [-0.2, 0) is 19.1 Å². The third kappa shape index (κ3) is 16.6. The lowest BCUT2D eigenvalue weighted by atomic mass is 10.2. The fourth-order valence-electron chi connectivity index (χ4n) is 5.09. The van der Waals surface area contributed by atoms with Crippen LogP contribution >= 0.6 is 0 Å². The van der Waals surface area contributed by atoms with Gasteiger partial charge in [-0.25, -0.2) is 24.0 Å². The van der Waals surface area contributed by atoms with Gasteiger partial charge in [0.05, 0.1) is 48.5 Å². The highest BCUT2D eigenvalue weighted by Crippen LogP contribution is 2.26. The molecule has 14 heteroatoms. The summed E-state index contributed by atoms with van der Waals surface area (Å²) >= 11 is 0. The van der Waals surface area contributed by atoms with Crippen LogP contribution in [0.3, 0.4) is 0 Å². The van der Waals surface area contributed by atoms with E-state index in [9.17, 15) is 28.8 Å². The predicted octanol–water partition coefficient (Wildman–Crippen LogP) is 8.25. The molecule has 0 amide bonds. The number of rotatable bonds is 20. The second kappa shape index (κ2) is 25.7. The molecule has 0 atom stereocenters. The first-order valence-electron chi connectivity index (χ1n) is 19.6. The van der Waals surface area contributed by atoms with Gasteiger partial charge in [-0.2, -0.15) is 0 Å². The smallest absolute Gasteiger partial charge is 0.343 e. The zero-order valence-corrected chi connectivity index (χ0v) is 34.5. The fraction of sp³-hybridized carbons (Fsp3) is 0.184. The van der Waals surface area contributed by atoms with Gasteiger partial charge in [0.25, 0.3) is 0 Å². The predicted molar refractivity (Wildman–Crippen MR) is 230 cm³/mol. The van der Waals surface area contributed by atoms with Crippen LogP contribution in [0.15, 0.2) is 147 Å². The number of benzene rings is 5. The molecule has 14 nitrogen and oxygen atoms in total. The van der Waals surface area contributed by atoms with E-state index < -0.39 is 29.8 Å². The second-order valence-electron chi connectivity index (χ2n) is 13.1. The molecular formula is C49H46O14. The molecule has 326 valence electrons. The Morgan fingerprint density at radius 1 is 0.524 bits per heavy atom. The van der Waals surface area contributed by atoms with Crippen molar-refractivity contribution in [1.29, 1.82) is 0 Å². The topological polar surface area (TPSA) is 187 Å². The summed E-state index contributed by atoms with van der Waals surface area (Å²) in [6.45, 7) is 9.44. The average molecular weight is 859 g/mol. The van der Waals surface area contributed by atoms with E-state index in [1.165, 1.54) is 66.7 Å². The number of aryl methyl sites for hydroxylation is 1. The summed E-state index contributed by atoms with van der Waals surface area (Å²) in [5.74, 6) is -1.53. The third-order valence-corrected chi connectivity index (χ3v) is 8.36. The molecule has 0 heterocycles. The van der Waals surface area contributed by atoms with Crippen LogP contribution < -0.4 is 23.7 Å². The van der Waals surface area contributed by atoms with Crippen molar-refractivity contribution in [3.05, 3.63) is 174 Å². The van der Waals surface area contributed by atoms with Crippen LogP contribution in [0.5, 0.6) is 28.7 Å². The van der Waals surface area contributed by atoms with Crippen molar-refractivity contribution in [2.24, 2.45) is 0 Å². The van der Waals surface area contributed by atoms with E-state index in [2.05, 4.69) is 17.9 Å². The van der Waals surface area contributed by atoms with Crippen molar-refractivity contribution in [3.8, 4) is 28.7 Å². The Bertz CT molecular complexity index is 2320. The highest BCUT2D eigenvalue weighted by molar-refractivity contribution is 5.94. The number of esters is 6. The highest BCUT2D eigenvalue weighted by Gasteiger charge is 2.16. The molecule has 0 spiro atoms. The first kappa shape index (κ1) is 47.8. The molecule has 1 N–H and O–H groups in total. The standard InChI is InChI=1S/C43H36O11.C6H10O3/c1-3-9-39(44)50-27-8-7-26-49-34-18-12-31(13-19-34)41(46)52-36-22-16-33(17-23-36)43(48)54-38-25-24-37(28-29(38)2)53-42(47)32-14-20-35(21-15-32)51-40(45)30-10-5-4-6-11-30;1-2-6(8)9-5-3-4-7/h3-6,10-25,28H,1,7-9,26-27H2,2H3;2,7H,1,3-5H2. The monoisotopic (exact) mass is 858 g/mol. The van der Waals surface area contributed by atoms with Crippen molar-refractivity contribution in [3.63, 3.8) is 0 Å². The lowest BCUT2D eigenvalue weighted by Gasteiger charge is -2.11. The van der Waals surface area contributed by atoms with Gasteiger partial charge in [-0.05, 0) is 128 Å². The fourth-order valence-corrected chi connectivity index (χ4v) is 5.09. The quantitative estimate of drug-likeness (QED) is 0.0259. The molecule has 0 aliphatic carbocycles. The maximum Gasteiger partial charge on any atom is 0.343 e. The van der Waals surface area contributed by atoms with Gasteiger partial charge in [0, 0.05) is 19.1 Å². The molecule has 0 aliphatic rings. The Morgan fingerprint density at radius 3 is 1.49 bits per heavy atom. The van der Waals surface area contributed by atoms with Gasteiger partial charge in [0.2, 0.25) is 0 Å². The highest BCUT2D eigenvalue weighted by atomic mass is 16.6. The van der Waals surface area contributed by atoms with E-state index in [0.29, 0.717) is 54.9 Å². The zero-order chi connectivity index (χ0) is 45.4. The minimum atomic E-state index is -0.641. The van der Waals surface area contributed by atoms with Gasteiger partial charge in [-0.1, -0.05) is 30.9 Å². The molecular weight excluding hydrogens is 813 g/mol. The minimum absolute atomic E-state index is 0.0461. The number of hydrogen-bond donors (Lipinski definition) is 1. The lowest BCUT2D eigenvalue weighted by Crippen LogP contribution is -2.11. The Kier molecular flexibility index (Phi) is 19.5. The van der Waals surface area contributed by atoms with E-state index in [-0.39, 0.29) is 59.7 Å². The third-order valence-electron chi connectivity index (χ3n) is 8.36. The largest absolute Gasteiger partial charge is 0.494 e. The zero-order valence-electron chi connectivity index (χ0n) is 34.5. The lowest BCUT2D eigenvalue weighted by molar-refractivity contribution is -0.142. The molecule has 5 aromatic carbocycles. The summed E-state index contributed by atoms with van der Waals surface area (Å²) < 4.78 is 37.1. The van der Waals surface area contributed by atoms with Crippen molar-refractivity contribution < 1.29 is 67.0 Å². The first-order valence-corrected chi connectivity index (χ1v) is 19.6. The Hall–Kier alpha value is -7.84. The van der Waals surface area contributed by atoms with Crippen molar-refractivity contribution in [1.82, 2.24) is 0 Å².